The molecule has 0 bridgehead atoms. The molecule has 3 heterocycles. The Morgan fingerprint density at radius 3 is 3.20 bits per heavy atom. The molecule has 25 heavy (non-hydrogen) atoms. The van der Waals surface area contributed by atoms with Crippen molar-refractivity contribution < 1.29 is 14.3 Å². The largest absolute Gasteiger partial charge is 0.384 e. The van der Waals surface area contributed by atoms with Crippen LogP contribution in [-0.4, -0.2) is 55.8 Å². The van der Waals surface area contributed by atoms with Crippen LogP contribution >= 0.6 is 0 Å². The number of nitrogens with zero attached hydrogens (tertiary/aromatic N) is 1. The molecule has 0 aliphatic carbocycles. The van der Waals surface area contributed by atoms with Crippen LogP contribution < -0.4 is 0 Å². The molecule has 2 fully saturated rings. The number of para-hydroxylation sites is 1. The van der Waals surface area contributed by atoms with Gasteiger partial charge in [-0.2, -0.15) is 0 Å². The third-order valence-corrected chi connectivity index (χ3v) is 5.82. The zero-order valence-electron chi connectivity index (χ0n) is 14.8. The molecule has 5 heteroatoms. The van der Waals surface area contributed by atoms with Gasteiger partial charge in [0, 0.05) is 55.1 Å². The summed E-state index contributed by atoms with van der Waals surface area (Å²) >= 11 is 0. The van der Waals surface area contributed by atoms with E-state index in [1.165, 1.54) is 10.9 Å². The molecule has 1 aromatic heterocycles. The molecule has 0 unspecified atom stereocenters. The van der Waals surface area contributed by atoms with Gasteiger partial charge in [0.05, 0.1) is 19.8 Å². The molecule has 4 rings (SSSR count). The maximum atomic E-state index is 12.7. The lowest BCUT2D eigenvalue weighted by atomic mass is 9.82. The van der Waals surface area contributed by atoms with Gasteiger partial charge in [0.2, 0.25) is 5.91 Å². The number of H-pyrrole nitrogens is 1. The number of methoxy groups -OCH3 is 1. The minimum absolute atomic E-state index is 0.0151. The summed E-state index contributed by atoms with van der Waals surface area (Å²) in [5.74, 6) is 0.690. The van der Waals surface area contributed by atoms with E-state index < -0.39 is 0 Å². The van der Waals surface area contributed by atoms with Crippen LogP contribution in [0.1, 0.15) is 18.4 Å². The highest BCUT2D eigenvalue weighted by atomic mass is 16.5. The number of fused-ring (bicyclic) bond motifs is 2. The van der Waals surface area contributed by atoms with Crippen molar-refractivity contribution in [1.29, 1.82) is 0 Å². The Kier molecular flexibility index (Phi) is 4.52. The number of carbonyl (C=O) groups excluding carboxylic acids is 1. The number of likely N-dealkylation sites (tertiary alicyclic amines) is 1. The van der Waals surface area contributed by atoms with Crippen molar-refractivity contribution in [3.05, 3.63) is 36.0 Å². The summed E-state index contributed by atoms with van der Waals surface area (Å²) in [4.78, 5) is 18.0. The van der Waals surface area contributed by atoms with E-state index in [2.05, 4.69) is 29.4 Å². The molecule has 2 atom stereocenters. The zero-order chi connectivity index (χ0) is 17.3. The van der Waals surface area contributed by atoms with Crippen LogP contribution in [0.2, 0.25) is 0 Å². The highest BCUT2D eigenvalue weighted by molar-refractivity contribution is 5.83. The van der Waals surface area contributed by atoms with Crippen molar-refractivity contribution in [1.82, 2.24) is 9.88 Å². The lowest BCUT2D eigenvalue weighted by Gasteiger charge is -2.26. The summed E-state index contributed by atoms with van der Waals surface area (Å²) in [7, 11) is 1.73. The van der Waals surface area contributed by atoms with Crippen molar-refractivity contribution in [2.24, 2.45) is 11.3 Å². The van der Waals surface area contributed by atoms with Crippen LogP contribution in [0.15, 0.2) is 30.5 Å². The van der Waals surface area contributed by atoms with Gasteiger partial charge in [-0.15, -0.1) is 0 Å². The second-order valence-electron chi connectivity index (χ2n) is 7.49. The third-order valence-electron chi connectivity index (χ3n) is 5.82. The van der Waals surface area contributed by atoms with Gasteiger partial charge in [-0.3, -0.25) is 4.79 Å². The molecular formula is C20H26N2O3. The van der Waals surface area contributed by atoms with Crippen LogP contribution in [0.4, 0.5) is 0 Å². The lowest BCUT2D eigenvalue weighted by molar-refractivity contribution is -0.131. The maximum Gasteiger partial charge on any atom is 0.222 e. The highest BCUT2D eigenvalue weighted by Crippen LogP contribution is 2.41. The van der Waals surface area contributed by atoms with Gasteiger partial charge in [0.1, 0.15) is 0 Å². The van der Waals surface area contributed by atoms with Gasteiger partial charge in [0.25, 0.3) is 0 Å². The molecule has 1 aromatic carbocycles. The molecule has 2 aromatic rings. The number of rotatable bonds is 6. The first-order chi connectivity index (χ1) is 12.2. The minimum Gasteiger partial charge on any atom is -0.384 e. The number of aromatic nitrogens is 1. The molecule has 1 amide bonds. The van der Waals surface area contributed by atoms with E-state index in [9.17, 15) is 4.79 Å². The Morgan fingerprint density at radius 2 is 2.32 bits per heavy atom. The van der Waals surface area contributed by atoms with Gasteiger partial charge in [-0.05, 0) is 24.5 Å². The second kappa shape index (κ2) is 6.81. The van der Waals surface area contributed by atoms with E-state index in [-0.39, 0.29) is 11.3 Å². The zero-order valence-corrected chi connectivity index (χ0v) is 14.8. The average molecular weight is 342 g/mol. The number of ether oxygens (including phenoxy) is 2. The molecule has 2 saturated heterocycles. The quantitative estimate of drug-likeness (QED) is 0.878. The van der Waals surface area contributed by atoms with Crippen LogP contribution in [0.5, 0.6) is 0 Å². The molecule has 0 spiro atoms. The topological polar surface area (TPSA) is 54.6 Å². The Morgan fingerprint density at radius 1 is 1.44 bits per heavy atom. The van der Waals surface area contributed by atoms with E-state index in [1.54, 1.807) is 7.11 Å². The Bertz CT molecular complexity index is 756. The molecule has 1 N–H and O–H groups in total. The number of benzene rings is 1. The molecule has 0 saturated carbocycles. The average Bonchev–Trinajstić information content (AvgIpc) is 3.27. The smallest absolute Gasteiger partial charge is 0.222 e. The Balaban J connectivity index is 1.32. The fourth-order valence-corrected chi connectivity index (χ4v) is 4.44. The summed E-state index contributed by atoms with van der Waals surface area (Å²) in [6.07, 6.45) is 4.49. The summed E-state index contributed by atoms with van der Waals surface area (Å²) in [5.41, 5.74) is 2.48. The number of amides is 1. The number of aromatic amines is 1. The molecule has 134 valence electrons. The molecule has 2 aliphatic heterocycles. The molecule has 2 aliphatic rings. The van der Waals surface area contributed by atoms with Crippen LogP contribution in [0.25, 0.3) is 10.9 Å². The van der Waals surface area contributed by atoms with Gasteiger partial charge >= 0.3 is 0 Å². The predicted octanol–water partition coefficient (Wildman–Crippen LogP) is 2.61. The van der Waals surface area contributed by atoms with Gasteiger partial charge in [-0.1, -0.05) is 18.2 Å². The van der Waals surface area contributed by atoms with Crippen LogP contribution in [0, 0.1) is 11.3 Å². The maximum absolute atomic E-state index is 12.7. The highest BCUT2D eigenvalue weighted by Gasteiger charge is 2.51. The number of hydrogen-bond donors (Lipinski definition) is 1. The van der Waals surface area contributed by atoms with Crippen molar-refractivity contribution in [2.75, 3.05) is 40.0 Å². The standard InChI is InChI=1S/C20H26N2O3/c1-24-13-20-12-22(10-16(20)11-25-14-20)19(23)8-4-5-15-9-21-18-7-3-2-6-17(15)18/h2-3,6-7,9,16,21H,4-5,8,10-14H2,1H3/t16-,20-/m0/s1. The lowest BCUT2D eigenvalue weighted by Crippen LogP contribution is -2.36. The van der Waals surface area contributed by atoms with Crippen molar-refractivity contribution in [3.63, 3.8) is 0 Å². The fraction of sp³-hybridized carbons (Fsp3) is 0.550. The third kappa shape index (κ3) is 3.07. The molecular weight excluding hydrogens is 316 g/mol. The van der Waals surface area contributed by atoms with Gasteiger partial charge in [-0.25, -0.2) is 0 Å². The number of nitrogens with one attached hydrogen (secondary N) is 1. The Hall–Kier alpha value is -1.85. The number of hydrogen-bond acceptors (Lipinski definition) is 3. The van der Waals surface area contributed by atoms with Crippen LogP contribution in [-0.2, 0) is 20.7 Å². The van der Waals surface area contributed by atoms with Crippen molar-refractivity contribution >= 4 is 16.8 Å². The first kappa shape index (κ1) is 16.6. The summed E-state index contributed by atoms with van der Waals surface area (Å²) in [5, 5.41) is 1.27. The van der Waals surface area contributed by atoms with E-state index >= 15 is 0 Å². The van der Waals surface area contributed by atoms with E-state index in [0.29, 0.717) is 25.6 Å². The van der Waals surface area contributed by atoms with Gasteiger partial charge in [0.15, 0.2) is 0 Å². The van der Waals surface area contributed by atoms with Crippen molar-refractivity contribution in [3.8, 4) is 0 Å². The first-order valence-corrected chi connectivity index (χ1v) is 9.11. The normalized spacial score (nSPS) is 25.6. The second-order valence-corrected chi connectivity index (χ2v) is 7.49. The number of aryl methyl sites for hydroxylation is 1. The first-order valence-electron chi connectivity index (χ1n) is 9.11. The summed E-state index contributed by atoms with van der Waals surface area (Å²) < 4.78 is 11.1. The predicted molar refractivity (Wildman–Crippen MR) is 96.4 cm³/mol. The Labute approximate surface area is 148 Å². The SMILES string of the molecule is COC[C@@]12COC[C@@H]1CN(C(=O)CCCc1c[nH]c3ccccc13)C2. The monoisotopic (exact) mass is 342 g/mol. The minimum atomic E-state index is 0.0151. The van der Waals surface area contributed by atoms with Crippen molar-refractivity contribution in [2.45, 2.75) is 19.3 Å². The van der Waals surface area contributed by atoms with E-state index in [0.717, 1.165) is 38.1 Å². The van der Waals surface area contributed by atoms with E-state index in [4.69, 9.17) is 9.47 Å². The van der Waals surface area contributed by atoms with Crippen LogP contribution in [0.3, 0.4) is 0 Å². The number of carbonyl (C=O) groups is 1. The fourth-order valence-electron chi connectivity index (χ4n) is 4.44. The summed E-state index contributed by atoms with van der Waals surface area (Å²) in [6.45, 7) is 3.73. The molecule has 0 radical (unpaired) electrons. The van der Waals surface area contributed by atoms with Gasteiger partial charge < -0.3 is 19.4 Å². The van der Waals surface area contributed by atoms with E-state index in [1.807, 2.05) is 11.0 Å². The summed E-state index contributed by atoms with van der Waals surface area (Å²) in [6, 6.07) is 8.32. The molecule has 5 nitrogen and oxygen atoms in total.